The Balaban J connectivity index is 2.64. The van der Waals surface area contributed by atoms with Crippen molar-refractivity contribution < 1.29 is 0 Å². The number of hydrogen-bond donors (Lipinski definition) is 0. The van der Waals surface area contributed by atoms with Gasteiger partial charge < -0.3 is 0 Å². The molecule has 0 heterocycles. The van der Waals surface area contributed by atoms with E-state index in [1.165, 1.54) is 11.1 Å². The molecule has 0 aliphatic rings. The van der Waals surface area contributed by atoms with E-state index in [2.05, 4.69) is 24.8 Å². The number of halogens is 1. The lowest BCUT2D eigenvalue weighted by molar-refractivity contribution is 1.45. The number of benzene rings is 2. The van der Waals surface area contributed by atoms with Gasteiger partial charge in [0.15, 0.2) is 0 Å². The van der Waals surface area contributed by atoms with Gasteiger partial charge in [-0.3, -0.25) is 0 Å². The van der Waals surface area contributed by atoms with Crippen LogP contribution in [-0.4, -0.2) is 0 Å². The zero-order valence-electron chi connectivity index (χ0n) is 9.20. The monoisotopic (exact) mass is 228 g/mol. The largest absolute Gasteiger partial charge is 0.0985 e. The smallest absolute Gasteiger partial charge is 0.0447 e. The highest BCUT2D eigenvalue weighted by atomic mass is 35.5. The molecule has 0 aliphatic carbocycles. The lowest BCUT2D eigenvalue weighted by Gasteiger charge is -2.09. The van der Waals surface area contributed by atoms with Crippen LogP contribution in [0.1, 0.15) is 11.1 Å². The van der Waals surface area contributed by atoms with Crippen molar-refractivity contribution in [2.75, 3.05) is 0 Å². The molecule has 0 radical (unpaired) electrons. The molecule has 0 aromatic heterocycles. The van der Waals surface area contributed by atoms with Crippen molar-refractivity contribution in [1.82, 2.24) is 0 Å². The molecule has 0 saturated carbocycles. The lowest BCUT2D eigenvalue weighted by Crippen LogP contribution is -1.86. The summed E-state index contributed by atoms with van der Waals surface area (Å²) in [5.74, 6) is 0. The second-order valence-corrected chi connectivity index (χ2v) is 4.15. The SMILES string of the molecule is C=Cc1cc(Cl)c(C)c(-c2ccccc2)c1. The van der Waals surface area contributed by atoms with E-state index in [9.17, 15) is 0 Å². The van der Waals surface area contributed by atoms with E-state index in [0.717, 1.165) is 16.1 Å². The van der Waals surface area contributed by atoms with E-state index in [1.54, 1.807) is 0 Å². The van der Waals surface area contributed by atoms with E-state index in [0.29, 0.717) is 0 Å². The first-order valence-electron chi connectivity index (χ1n) is 5.20. The molecule has 0 fully saturated rings. The third-order valence-electron chi connectivity index (χ3n) is 2.69. The van der Waals surface area contributed by atoms with Gasteiger partial charge in [0.25, 0.3) is 0 Å². The topological polar surface area (TPSA) is 0 Å². The second-order valence-electron chi connectivity index (χ2n) is 3.75. The summed E-state index contributed by atoms with van der Waals surface area (Å²) >= 11 is 6.20. The van der Waals surface area contributed by atoms with E-state index in [1.807, 2.05) is 37.3 Å². The minimum Gasteiger partial charge on any atom is -0.0985 e. The molecular formula is C15H13Cl. The Hall–Kier alpha value is -1.53. The highest BCUT2D eigenvalue weighted by molar-refractivity contribution is 6.31. The molecular weight excluding hydrogens is 216 g/mol. The number of rotatable bonds is 2. The molecule has 1 heteroatoms. The fourth-order valence-corrected chi connectivity index (χ4v) is 1.96. The molecule has 2 rings (SSSR count). The van der Waals surface area contributed by atoms with Gasteiger partial charge >= 0.3 is 0 Å². The molecule has 0 nitrogen and oxygen atoms in total. The van der Waals surface area contributed by atoms with Gasteiger partial charge in [0.05, 0.1) is 0 Å². The quantitative estimate of drug-likeness (QED) is 0.682. The summed E-state index contributed by atoms with van der Waals surface area (Å²) in [6.45, 7) is 5.82. The van der Waals surface area contributed by atoms with Crippen LogP contribution in [0.25, 0.3) is 17.2 Å². The van der Waals surface area contributed by atoms with Crippen LogP contribution in [0, 0.1) is 6.92 Å². The normalized spacial score (nSPS) is 10.1. The van der Waals surface area contributed by atoms with Gasteiger partial charge in [0.1, 0.15) is 0 Å². The summed E-state index contributed by atoms with van der Waals surface area (Å²) < 4.78 is 0. The van der Waals surface area contributed by atoms with Gasteiger partial charge in [-0.05, 0) is 41.3 Å². The van der Waals surface area contributed by atoms with Gasteiger partial charge in [-0.1, -0.05) is 54.6 Å². The molecule has 0 unspecified atom stereocenters. The van der Waals surface area contributed by atoms with Gasteiger partial charge in [-0.25, -0.2) is 0 Å². The summed E-state index contributed by atoms with van der Waals surface area (Å²) in [6.07, 6.45) is 1.82. The molecule has 0 spiro atoms. The Morgan fingerprint density at radius 3 is 2.44 bits per heavy atom. The number of hydrogen-bond acceptors (Lipinski definition) is 0. The Morgan fingerprint density at radius 2 is 1.81 bits per heavy atom. The maximum absolute atomic E-state index is 6.20. The first kappa shape index (κ1) is 11.0. The van der Waals surface area contributed by atoms with Crippen molar-refractivity contribution in [2.24, 2.45) is 0 Å². The molecule has 0 aliphatic heterocycles. The van der Waals surface area contributed by atoms with Crippen molar-refractivity contribution in [2.45, 2.75) is 6.92 Å². The van der Waals surface area contributed by atoms with Gasteiger partial charge in [-0.2, -0.15) is 0 Å². The molecule has 16 heavy (non-hydrogen) atoms. The van der Waals surface area contributed by atoms with Crippen LogP contribution in [0.4, 0.5) is 0 Å². The molecule has 2 aromatic rings. The summed E-state index contributed by atoms with van der Waals surface area (Å²) in [5.41, 5.74) is 4.52. The molecule has 0 saturated heterocycles. The maximum atomic E-state index is 6.20. The van der Waals surface area contributed by atoms with Crippen LogP contribution >= 0.6 is 11.6 Å². The molecule has 0 atom stereocenters. The van der Waals surface area contributed by atoms with Crippen molar-refractivity contribution in [3.63, 3.8) is 0 Å². The maximum Gasteiger partial charge on any atom is 0.0447 e. The highest BCUT2D eigenvalue weighted by Crippen LogP contribution is 2.30. The zero-order chi connectivity index (χ0) is 11.5. The predicted octanol–water partition coefficient (Wildman–Crippen LogP) is 4.96. The summed E-state index contributed by atoms with van der Waals surface area (Å²) in [6, 6.07) is 14.3. The Morgan fingerprint density at radius 1 is 1.12 bits per heavy atom. The molecule has 0 N–H and O–H groups in total. The van der Waals surface area contributed by atoms with E-state index in [4.69, 9.17) is 11.6 Å². The third-order valence-corrected chi connectivity index (χ3v) is 3.08. The van der Waals surface area contributed by atoms with Crippen molar-refractivity contribution in [3.8, 4) is 11.1 Å². The summed E-state index contributed by atoms with van der Waals surface area (Å²) in [5, 5.41) is 0.788. The highest BCUT2D eigenvalue weighted by Gasteiger charge is 2.06. The zero-order valence-corrected chi connectivity index (χ0v) is 9.96. The van der Waals surface area contributed by atoms with E-state index in [-0.39, 0.29) is 0 Å². The van der Waals surface area contributed by atoms with Gasteiger partial charge in [-0.15, -0.1) is 0 Å². The van der Waals surface area contributed by atoms with Gasteiger partial charge in [0.2, 0.25) is 0 Å². The van der Waals surface area contributed by atoms with Crippen molar-refractivity contribution in [3.05, 3.63) is 65.2 Å². The minimum atomic E-state index is 0.788. The Kier molecular flexibility index (Phi) is 3.12. The first-order valence-corrected chi connectivity index (χ1v) is 5.58. The Labute approximate surface area is 101 Å². The van der Waals surface area contributed by atoms with Crippen LogP contribution in [0.15, 0.2) is 49.0 Å². The van der Waals surface area contributed by atoms with Crippen molar-refractivity contribution >= 4 is 17.7 Å². The average molecular weight is 229 g/mol. The molecule has 0 amide bonds. The van der Waals surface area contributed by atoms with Crippen LogP contribution < -0.4 is 0 Å². The van der Waals surface area contributed by atoms with Crippen LogP contribution in [0.5, 0.6) is 0 Å². The average Bonchev–Trinajstić information content (AvgIpc) is 2.33. The van der Waals surface area contributed by atoms with Crippen LogP contribution in [0.2, 0.25) is 5.02 Å². The Bertz CT molecular complexity index is 512. The first-order chi connectivity index (χ1) is 7.72. The minimum absolute atomic E-state index is 0.788. The predicted molar refractivity (Wildman–Crippen MR) is 71.7 cm³/mol. The molecule has 80 valence electrons. The molecule has 0 bridgehead atoms. The van der Waals surface area contributed by atoms with Crippen LogP contribution in [-0.2, 0) is 0 Å². The standard InChI is InChI=1S/C15H13Cl/c1-3-12-9-14(11(2)15(16)10-12)13-7-5-4-6-8-13/h3-10H,1H2,2H3. The summed E-state index contributed by atoms with van der Waals surface area (Å²) in [7, 11) is 0. The second kappa shape index (κ2) is 4.54. The lowest BCUT2D eigenvalue weighted by atomic mass is 9.98. The fourth-order valence-electron chi connectivity index (χ4n) is 1.74. The van der Waals surface area contributed by atoms with Gasteiger partial charge in [0, 0.05) is 5.02 Å². The molecule has 2 aromatic carbocycles. The van der Waals surface area contributed by atoms with Crippen molar-refractivity contribution in [1.29, 1.82) is 0 Å². The van der Waals surface area contributed by atoms with E-state index < -0.39 is 0 Å². The van der Waals surface area contributed by atoms with E-state index >= 15 is 0 Å². The van der Waals surface area contributed by atoms with Crippen LogP contribution in [0.3, 0.4) is 0 Å². The summed E-state index contributed by atoms with van der Waals surface area (Å²) in [4.78, 5) is 0. The fraction of sp³-hybridized carbons (Fsp3) is 0.0667. The third kappa shape index (κ3) is 2.02.